The van der Waals surface area contributed by atoms with Crippen LogP contribution in [0.2, 0.25) is 0 Å². The van der Waals surface area contributed by atoms with E-state index in [1.165, 1.54) is 0 Å². The highest BCUT2D eigenvalue weighted by Gasteiger charge is 2.40. The summed E-state index contributed by atoms with van der Waals surface area (Å²) in [5, 5.41) is 5.54. The van der Waals surface area contributed by atoms with Crippen molar-refractivity contribution < 1.29 is 19.2 Å². The van der Waals surface area contributed by atoms with E-state index < -0.39 is 30.3 Å². The molecule has 0 aromatic rings. The summed E-state index contributed by atoms with van der Waals surface area (Å²) < 4.78 is 0. The first-order chi connectivity index (χ1) is 8.99. The molecule has 0 aromatic carbocycles. The molecule has 2 rings (SSSR count). The second-order valence-corrected chi connectivity index (χ2v) is 4.70. The maximum Gasteiger partial charge on any atom is 0.252 e. The third kappa shape index (κ3) is 2.90. The standard InChI is InChI=1S/C11H16N4O4/c12-8(16)5-15-9(17)4-7(11(15)19)14-10(18)6-2-1-3-13-6/h6-7,13H,1-5H2,(H2,12,16)(H,14,18)/t6-,7+/m0/s1. The highest BCUT2D eigenvalue weighted by molar-refractivity contribution is 6.08. The summed E-state index contributed by atoms with van der Waals surface area (Å²) in [5.74, 6) is -2.11. The average molecular weight is 268 g/mol. The van der Waals surface area contributed by atoms with Crippen LogP contribution in [0.5, 0.6) is 0 Å². The van der Waals surface area contributed by atoms with Crippen LogP contribution in [0, 0.1) is 0 Å². The van der Waals surface area contributed by atoms with E-state index in [9.17, 15) is 19.2 Å². The molecule has 2 saturated heterocycles. The van der Waals surface area contributed by atoms with Gasteiger partial charge in [-0.25, -0.2) is 0 Å². The number of carbonyl (C=O) groups is 4. The van der Waals surface area contributed by atoms with Crippen molar-refractivity contribution in [3.63, 3.8) is 0 Å². The maximum atomic E-state index is 11.9. The lowest BCUT2D eigenvalue weighted by atomic mass is 10.2. The third-order valence-corrected chi connectivity index (χ3v) is 3.25. The zero-order chi connectivity index (χ0) is 14.0. The van der Waals surface area contributed by atoms with E-state index in [0.29, 0.717) is 6.42 Å². The number of hydrogen-bond acceptors (Lipinski definition) is 5. The molecule has 2 aliphatic rings. The van der Waals surface area contributed by atoms with Crippen molar-refractivity contribution in [2.45, 2.75) is 31.3 Å². The average Bonchev–Trinajstić information content (AvgIpc) is 2.94. The molecular weight excluding hydrogens is 252 g/mol. The first-order valence-electron chi connectivity index (χ1n) is 6.15. The zero-order valence-corrected chi connectivity index (χ0v) is 10.3. The zero-order valence-electron chi connectivity index (χ0n) is 10.3. The minimum absolute atomic E-state index is 0.120. The first-order valence-corrected chi connectivity index (χ1v) is 6.15. The van der Waals surface area contributed by atoms with Gasteiger partial charge in [-0.3, -0.25) is 24.1 Å². The number of amides is 4. The fourth-order valence-corrected chi connectivity index (χ4v) is 2.30. The second kappa shape index (κ2) is 5.35. The number of hydrogen-bond donors (Lipinski definition) is 3. The van der Waals surface area contributed by atoms with Gasteiger partial charge in [0.05, 0.1) is 12.5 Å². The summed E-state index contributed by atoms with van der Waals surface area (Å²) >= 11 is 0. The molecule has 0 aliphatic carbocycles. The maximum absolute atomic E-state index is 11.9. The molecule has 0 unspecified atom stereocenters. The molecule has 2 atom stereocenters. The van der Waals surface area contributed by atoms with E-state index in [-0.39, 0.29) is 18.4 Å². The molecule has 2 heterocycles. The van der Waals surface area contributed by atoms with Gasteiger partial charge in [0.25, 0.3) is 5.91 Å². The highest BCUT2D eigenvalue weighted by atomic mass is 16.2. The Morgan fingerprint density at radius 1 is 1.42 bits per heavy atom. The molecule has 4 amide bonds. The Balaban J connectivity index is 1.94. The van der Waals surface area contributed by atoms with Crippen molar-refractivity contribution >= 4 is 23.6 Å². The van der Waals surface area contributed by atoms with E-state index in [2.05, 4.69) is 10.6 Å². The van der Waals surface area contributed by atoms with Gasteiger partial charge >= 0.3 is 0 Å². The molecule has 8 heteroatoms. The summed E-state index contributed by atoms with van der Waals surface area (Å²) in [7, 11) is 0. The van der Waals surface area contributed by atoms with Gasteiger partial charge in [-0.15, -0.1) is 0 Å². The Labute approximate surface area is 109 Å². The number of imide groups is 1. The largest absolute Gasteiger partial charge is 0.368 e. The summed E-state index contributed by atoms with van der Waals surface area (Å²) in [4.78, 5) is 46.8. The molecule has 2 fully saturated rings. The Morgan fingerprint density at radius 2 is 2.16 bits per heavy atom. The summed E-state index contributed by atoms with van der Waals surface area (Å²) in [6.45, 7) is 0.329. The van der Waals surface area contributed by atoms with Crippen LogP contribution >= 0.6 is 0 Å². The number of rotatable bonds is 4. The molecule has 0 saturated carbocycles. The number of carbonyl (C=O) groups excluding carboxylic acids is 4. The fourth-order valence-electron chi connectivity index (χ4n) is 2.30. The number of nitrogens with two attached hydrogens (primary N) is 1. The SMILES string of the molecule is NC(=O)CN1C(=O)C[C@@H](NC(=O)[C@@H]2CCCN2)C1=O. The predicted octanol–water partition coefficient (Wildman–Crippen LogP) is -2.53. The highest BCUT2D eigenvalue weighted by Crippen LogP contribution is 2.13. The predicted molar refractivity (Wildman–Crippen MR) is 63.5 cm³/mol. The van der Waals surface area contributed by atoms with E-state index >= 15 is 0 Å². The van der Waals surface area contributed by atoms with Gasteiger partial charge < -0.3 is 16.4 Å². The molecule has 0 radical (unpaired) electrons. The summed E-state index contributed by atoms with van der Waals surface area (Å²) in [5.41, 5.74) is 4.96. The van der Waals surface area contributed by atoms with Crippen molar-refractivity contribution in [1.82, 2.24) is 15.5 Å². The van der Waals surface area contributed by atoms with E-state index in [0.717, 1.165) is 17.9 Å². The lowest BCUT2D eigenvalue weighted by Gasteiger charge is -2.16. The number of nitrogens with zero attached hydrogens (tertiary/aromatic N) is 1. The Kier molecular flexibility index (Phi) is 3.79. The minimum Gasteiger partial charge on any atom is -0.368 e. The van der Waals surface area contributed by atoms with Crippen LogP contribution in [0.3, 0.4) is 0 Å². The van der Waals surface area contributed by atoms with Crippen LogP contribution in [0.25, 0.3) is 0 Å². The van der Waals surface area contributed by atoms with Crippen molar-refractivity contribution in [3.8, 4) is 0 Å². The fraction of sp³-hybridized carbons (Fsp3) is 0.636. The van der Waals surface area contributed by atoms with E-state index in [1.54, 1.807) is 0 Å². The Bertz CT molecular complexity index is 430. The van der Waals surface area contributed by atoms with E-state index in [4.69, 9.17) is 5.73 Å². The van der Waals surface area contributed by atoms with Gasteiger partial charge in [0, 0.05) is 0 Å². The van der Waals surface area contributed by atoms with Crippen molar-refractivity contribution in [3.05, 3.63) is 0 Å². The Morgan fingerprint density at radius 3 is 2.74 bits per heavy atom. The van der Waals surface area contributed by atoms with Crippen molar-refractivity contribution in [1.29, 1.82) is 0 Å². The monoisotopic (exact) mass is 268 g/mol. The number of likely N-dealkylation sites (tertiary alicyclic amines) is 1. The van der Waals surface area contributed by atoms with Crippen LogP contribution in [0.15, 0.2) is 0 Å². The third-order valence-electron chi connectivity index (χ3n) is 3.25. The molecule has 0 spiro atoms. The molecular formula is C11H16N4O4. The topological polar surface area (TPSA) is 122 Å². The van der Waals surface area contributed by atoms with Crippen molar-refractivity contribution in [2.75, 3.05) is 13.1 Å². The summed E-state index contributed by atoms with van der Waals surface area (Å²) in [6, 6.07) is -1.20. The van der Waals surface area contributed by atoms with Crippen molar-refractivity contribution in [2.24, 2.45) is 5.73 Å². The normalized spacial score (nSPS) is 26.8. The Hall–Kier alpha value is -1.96. The quantitative estimate of drug-likeness (QED) is 0.485. The van der Waals surface area contributed by atoms with Gasteiger partial charge in [-0.1, -0.05) is 0 Å². The lowest BCUT2D eigenvalue weighted by Crippen LogP contribution is -2.48. The van der Waals surface area contributed by atoms with Gasteiger partial charge in [0.2, 0.25) is 17.7 Å². The molecule has 0 bridgehead atoms. The molecule has 8 nitrogen and oxygen atoms in total. The van der Waals surface area contributed by atoms with Gasteiger partial charge in [0.15, 0.2) is 0 Å². The summed E-state index contributed by atoms with van der Waals surface area (Å²) in [6.07, 6.45) is 1.50. The number of primary amides is 1. The lowest BCUT2D eigenvalue weighted by molar-refractivity contribution is -0.142. The molecule has 19 heavy (non-hydrogen) atoms. The second-order valence-electron chi connectivity index (χ2n) is 4.70. The van der Waals surface area contributed by atoms with Crippen LogP contribution in [-0.4, -0.2) is 53.7 Å². The van der Waals surface area contributed by atoms with Gasteiger partial charge in [0.1, 0.15) is 12.6 Å². The number of nitrogens with one attached hydrogen (secondary N) is 2. The van der Waals surface area contributed by atoms with Crippen LogP contribution in [0.4, 0.5) is 0 Å². The van der Waals surface area contributed by atoms with Crippen LogP contribution < -0.4 is 16.4 Å². The van der Waals surface area contributed by atoms with Crippen LogP contribution in [-0.2, 0) is 19.2 Å². The van der Waals surface area contributed by atoms with Crippen LogP contribution in [0.1, 0.15) is 19.3 Å². The molecule has 0 aromatic heterocycles. The van der Waals surface area contributed by atoms with E-state index in [1.807, 2.05) is 0 Å². The van der Waals surface area contributed by atoms with Gasteiger partial charge in [-0.2, -0.15) is 0 Å². The molecule has 104 valence electrons. The minimum atomic E-state index is -0.887. The first kappa shape index (κ1) is 13.5. The van der Waals surface area contributed by atoms with Gasteiger partial charge in [-0.05, 0) is 19.4 Å². The smallest absolute Gasteiger partial charge is 0.252 e. The molecule has 4 N–H and O–H groups in total. The molecule has 2 aliphatic heterocycles.